The van der Waals surface area contributed by atoms with Crippen molar-refractivity contribution in [2.45, 2.75) is 18.9 Å². The van der Waals surface area contributed by atoms with Gasteiger partial charge in [-0.25, -0.2) is 0 Å². The summed E-state index contributed by atoms with van der Waals surface area (Å²) < 4.78 is 0. The number of aliphatic carboxylic acids is 1. The first kappa shape index (κ1) is 15.4. The van der Waals surface area contributed by atoms with E-state index in [9.17, 15) is 20.0 Å². The number of nitro benzene ring substituents is 1. The van der Waals surface area contributed by atoms with Crippen molar-refractivity contribution in [1.29, 1.82) is 0 Å². The van der Waals surface area contributed by atoms with E-state index in [1.807, 2.05) is 4.90 Å². The molecule has 21 heavy (non-hydrogen) atoms. The lowest BCUT2D eigenvalue weighted by atomic mass is 9.90. The molecule has 7 nitrogen and oxygen atoms in total. The topological polar surface area (TPSA) is 95.7 Å². The Morgan fingerprint density at radius 1 is 1.38 bits per heavy atom. The second kappa shape index (κ2) is 6.19. The van der Waals surface area contributed by atoms with Crippen molar-refractivity contribution in [1.82, 2.24) is 10.2 Å². The summed E-state index contributed by atoms with van der Waals surface area (Å²) in [4.78, 5) is 23.9. The fourth-order valence-corrected chi connectivity index (χ4v) is 2.61. The summed E-state index contributed by atoms with van der Waals surface area (Å²) in [7, 11) is 0. The lowest BCUT2D eigenvalue weighted by Crippen LogP contribution is -2.59. The molecular formula is C14H19N3O4. The highest BCUT2D eigenvalue weighted by Crippen LogP contribution is 2.23. The van der Waals surface area contributed by atoms with Crippen molar-refractivity contribution in [2.75, 3.05) is 26.2 Å². The number of non-ortho nitro benzene ring substituents is 1. The van der Waals surface area contributed by atoms with Crippen LogP contribution in [0.5, 0.6) is 0 Å². The smallest absolute Gasteiger partial charge is 0.324 e. The van der Waals surface area contributed by atoms with E-state index in [0.29, 0.717) is 19.5 Å². The minimum absolute atomic E-state index is 0.0120. The van der Waals surface area contributed by atoms with Crippen LogP contribution in [-0.4, -0.2) is 52.6 Å². The Bertz CT molecular complexity index is 526. The second-order valence-electron chi connectivity index (χ2n) is 5.42. The van der Waals surface area contributed by atoms with Crippen molar-refractivity contribution >= 4 is 11.7 Å². The van der Waals surface area contributed by atoms with Crippen molar-refractivity contribution in [3.63, 3.8) is 0 Å². The maximum Gasteiger partial charge on any atom is 0.324 e. The van der Waals surface area contributed by atoms with Gasteiger partial charge in [0.1, 0.15) is 5.54 Å². The van der Waals surface area contributed by atoms with Gasteiger partial charge in [-0.3, -0.25) is 19.8 Å². The predicted octanol–water partition coefficient (Wildman–Crippen LogP) is 0.886. The van der Waals surface area contributed by atoms with E-state index in [-0.39, 0.29) is 5.69 Å². The normalized spacial score (nSPS) is 18.9. The molecule has 1 aromatic carbocycles. The van der Waals surface area contributed by atoms with E-state index in [0.717, 1.165) is 18.7 Å². The summed E-state index contributed by atoms with van der Waals surface area (Å²) in [5.41, 5.74) is -0.208. The van der Waals surface area contributed by atoms with Crippen LogP contribution in [0.2, 0.25) is 0 Å². The van der Waals surface area contributed by atoms with E-state index in [1.165, 1.54) is 12.1 Å². The van der Waals surface area contributed by atoms with E-state index in [1.54, 1.807) is 19.1 Å². The molecule has 0 amide bonds. The molecular weight excluding hydrogens is 274 g/mol. The number of carboxylic acid groups (broad SMARTS) is 1. The molecule has 0 radical (unpaired) electrons. The monoisotopic (exact) mass is 293 g/mol. The van der Waals surface area contributed by atoms with E-state index in [4.69, 9.17) is 0 Å². The standard InChI is InChI=1S/C14H19N3O4/c1-14(13(18)19,16-8-6-15-7-9-16)10-11-2-4-12(5-3-11)17(20)21/h2-5,15H,6-10H2,1H3,(H,18,19). The second-order valence-corrected chi connectivity index (χ2v) is 5.42. The van der Waals surface area contributed by atoms with E-state index in [2.05, 4.69) is 5.32 Å². The zero-order valence-electron chi connectivity index (χ0n) is 11.9. The number of benzene rings is 1. The van der Waals surface area contributed by atoms with Crippen LogP contribution in [-0.2, 0) is 11.2 Å². The van der Waals surface area contributed by atoms with Gasteiger partial charge in [0.15, 0.2) is 0 Å². The Morgan fingerprint density at radius 2 is 1.95 bits per heavy atom. The number of nitro groups is 1. The van der Waals surface area contributed by atoms with Gasteiger partial charge in [0.2, 0.25) is 0 Å². The number of piperazine rings is 1. The van der Waals surface area contributed by atoms with Gasteiger partial charge in [-0.1, -0.05) is 12.1 Å². The summed E-state index contributed by atoms with van der Waals surface area (Å²) in [5, 5.41) is 23.5. The van der Waals surface area contributed by atoms with Crippen molar-refractivity contribution in [2.24, 2.45) is 0 Å². The number of carbonyl (C=O) groups is 1. The molecule has 1 aliphatic heterocycles. The molecule has 2 N–H and O–H groups in total. The number of carboxylic acids is 1. The van der Waals surface area contributed by atoms with Crippen molar-refractivity contribution in [3.8, 4) is 0 Å². The Balaban J connectivity index is 2.18. The average molecular weight is 293 g/mol. The Hall–Kier alpha value is -1.99. The molecule has 0 bridgehead atoms. The molecule has 1 atom stereocenters. The summed E-state index contributed by atoms with van der Waals surface area (Å²) in [6.07, 6.45) is 0.320. The summed E-state index contributed by atoms with van der Waals surface area (Å²) in [5.74, 6) is -0.872. The third kappa shape index (κ3) is 3.37. The molecule has 114 valence electrons. The van der Waals surface area contributed by atoms with Crippen molar-refractivity contribution < 1.29 is 14.8 Å². The zero-order valence-corrected chi connectivity index (χ0v) is 11.9. The molecule has 1 unspecified atom stereocenters. The van der Waals surface area contributed by atoms with Crippen molar-refractivity contribution in [3.05, 3.63) is 39.9 Å². The largest absolute Gasteiger partial charge is 0.480 e. The van der Waals surface area contributed by atoms with E-state index >= 15 is 0 Å². The Kier molecular flexibility index (Phi) is 4.54. The third-order valence-corrected chi connectivity index (χ3v) is 3.97. The molecule has 0 aromatic heterocycles. The van der Waals surface area contributed by atoms with Crippen LogP contribution < -0.4 is 5.32 Å². The van der Waals surface area contributed by atoms with Gasteiger partial charge < -0.3 is 10.4 Å². The maximum atomic E-state index is 11.7. The van der Waals surface area contributed by atoms with Crippen LogP contribution in [0.3, 0.4) is 0 Å². The summed E-state index contributed by atoms with van der Waals surface area (Å²) >= 11 is 0. The van der Waals surface area contributed by atoms with Crippen LogP contribution in [0.1, 0.15) is 12.5 Å². The van der Waals surface area contributed by atoms with Crippen LogP contribution in [0, 0.1) is 10.1 Å². The fourth-order valence-electron chi connectivity index (χ4n) is 2.61. The molecule has 2 rings (SSSR count). The molecule has 0 saturated carbocycles. The number of nitrogens with zero attached hydrogens (tertiary/aromatic N) is 2. The molecule has 1 heterocycles. The van der Waals surface area contributed by atoms with Gasteiger partial charge in [0.05, 0.1) is 4.92 Å². The lowest BCUT2D eigenvalue weighted by molar-refractivity contribution is -0.384. The molecule has 1 fully saturated rings. The number of hydrogen-bond donors (Lipinski definition) is 2. The molecule has 0 aliphatic carbocycles. The van der Waals surface area contributed by atoms with Gasteiger partial charge in [-0.05, 0) is 12.5 Å². The lowest BCUT2D eigenvalue weighted by Gasteiger charge is -2.40. The highest BCUT2D eigenvalue weighted by Gasteiger charge is 2.40. The minimum atomic E-state index is -1.00. The molecule has 1 saturated heterocycles. The number of hydrogen-bond acceptors (Lipinski definition) is 5. The summed E-state index contributed by atoms with van der Waals surface area (Å²) in [6.45, 7) is 4.60. The van der Waals surface area contributed by atoms with Crippen LogP contribution in [0.25, 0.3) is 0 Å². The molecule has 7 heteroatoms. The first-order valence-electron chi connectivity index (χ1n) is 6.86. The average Bonchev–Trinajstić information content (AvgIpc) is 2.48. The number of rotatable bonds is 5. The fraction of sp³-hybridized carbons (Fsp3) is 0.500. The molecule has 0 spiro atoms. The van der Waals surface area contributed by atoms with Crippen LogP contribution >= 0.6 is 0 Å². The third-order valence-electron chi connectivity index (χ3n) is 3.97. The highest BCUT2D eigenvalue weighted by molar-refractivity contribution is 5.78. The first-order chi connectivity index (χ1) is 9.93. The maximum absolute atomic E-state index is 11.7. The highest BCUT2D eigenvalue weighted by atomic mass is 16.6. The quantitative estimate of drug-likeness (QED) is 0.618. The van der Waals surface area contributed by atoms with E-state index < -0.39 is 16.4 Å². The van der Waals surface area contributed by atoms with Gasteiger partial charge in [0, 0.05) is 44.7 Å². The molecule has 1 aliphatic rings. The SMILES string of the molecule is CC(Cc1ccc([N+](=O)[O-])cc1)(C(=O)O)N1CCNCC1. The Labute approximate surface area is 122 Å². The molecule has 1 aromatic rings. The van der Waals surface area contributed by atoms with Crippen LogP contribution in [0.15, 0.2) is 24.3 Å². The van der Waals surface area contributed by atoms with Gasteiger partial charge >= 0.3 is 5.97 Å². The minimum Gasteiger partial charge on any atom is -0.480 e. The van der Waals surface area contributed by atoms with Gasteiger partial charge in [-0.2, -0.15) is 0 Å². The van der Waals surface area contributed by atoms with Gasteiger partial charge in [-0.15, -0.1) is 0 Å². The number of nitrogens with one attached hydrogen (secondary N) is 1. The first-order valence-corrected chi connectivity index (χ1v) is 6.86. The summed E-state index contributed by atoms with van der Waals surface area (Å²) in [6, 6.07) is 6.08. The Morgan fingerprint density at radius 3 is 2.43 bits per heavy atom. The zero-order chi connectivity index (χ0) is 15.5. The predicted molar refractivity (Wildman–Crippen MR) is 77.3 cm³/mol. The van der Waals surface area contributed by atoms with Crippen LogP contribution in [0.4, 0.5) is 5.69 Å². The van der Waals surface area contributed by atoms with Gasteiger partial charge in [0.25, 0.3) is 5.69 Å².